The van der Waals surface area contributed by atoms with Crippen molar-refractivity contribution in [2.24, 2.45) is 0 Å². The number of nitrogens with two attached hydrogens (primary N) is 1. The fourth-order valence-corrected chi connectivity index (χ4v) is 2.53. The summed E-state index contributed by atoms with van der Waals surface area (Å²) in [6.45, 7) is 1.71. The molecule has 2 heterocycles. The van der Waals surface area contributed by atoms with Gasteiger partial charge in [-0.1, -0.05) is 6.07 Å². The van der Waals surface area contributed by atoms with Crippen LogP contribution in [0.15, 0.2) is 41.8 Å². The van der Waals surface area contributed by atoms with E-state index in [1.54, 1.807) is 31.2 Å². The van der Waals surface area contributed by atoms with Crippen molar-refractivity contribution in [1.29, 1.82) is 0 Å². The molecule has 0 saturated heterocycles. The van der Waals surface area contributed by atoms with E-state index in [0.717, 1.165) is 16.7 Å². The number of aromatic carboxylic acids is 1. The molecule has 4 N–H and O–H groups in total. The minimum absolute atomic E-state index is 0.0627. The van der Waals surface area contributed by atoms with Crippen LogP contribution in [0.25, 0.3) is 0 Å². The number of rotatable bonds is 3. The number of nitrogen functional groups attached to an aromatic ring is 1. The zero-order valence-corrected chi connectivity index (χ0v) is 15.1. The van der Waals surface area contributed by atoms with Crippen LogP contribution in [0, 0.1) is 12.7 Å². The summed E-state index contributed by atoms with van der Waals surface area (Å²) in [7, 11) is 0. The standard InChI is InChI=1S/C13H11FN2O2.C4H3F3N2S/c1-8-5-6-11(12(15-8)13(17)18)16-10-4-2-3-9(14)7-10;5-4(6,7)2-1-10-3(8)9-2/h2-7,16H,1H3,(H,17,18);1H,(H2,8,9). The lowest BCUT2D eigenvalue weighted by Gasteiger charge is -2.09. The smallest absolute Gasteiger partial charge is 0.434 e. The first-order valence-corrected chi connectivity index (χ1v) is 8.46. The van der Waals surface area contributed by atoms with Gasteiger partial charge in [0, 0.05) is 16.8 Å². The minimum atomic E-state index is -4.37. The van der Waals surface area contributed by atoms with E-state index in [2.05, 4.69) is 15.3 Å². The van der Waals surface area contributed by atoms with Gasteiger partial charge in [0.2, 0.25) is 0 Å². The lowest BCUT2D eigenvalue weighted by Crippen LogP contribution is -2.06. The van der Waals surface area contributed by atoms with Crippen molar-refractivity contribution in [1.82, 2.24) is 9.97 Å². The van der Waals surface area contributed by atoms with Crippen LogP contribution in [0.1, 0.15) is 21.9 Å². The predicted octanol–water partition coefficient (Wildman–Crippen LogP) is 4.72. The van der Waals surface area contributed by atoms with Crippen LogP contribution in [0.4, 0.5) is 34.1 Å². The van der Waals surface area contributed by atoms with Gasteiger partial charge in [-0.2, -0.15) is 13.2 Å². The number of hydrogen-bond donors (Lipinski definition) is 3. The quantitative estimate of drug-likeness (QED) is 0.537. The Morgan fingerprint density at radius 1 is 1.21 bits per heavy atom. The average Bonchev–Trinajstić information content (AvgIpc) is 3.04. The van der Waals surface area contributed by atoms with E-state index in [1.165, 1.54) is 12.1 Å². The Kier molecular flexibility index (Phi) is 6.52. The third kappa shape index (κ3) is 5.91. The number of carboxylic acids is 1. The maximum absolute atomic E-state index is 13.0. The molecule has 2 aromatic heterocycles. The second-order valence-electron chi connectivity index (χ2n) is 5.36. The average molecular weight is 414 g/mol. The highest BCUT2D eigenvalue weighted by Crippen LogP contribution is 2.30. The molecule has 0 saturated carbocycles. The molecule has 0 aliphatic rings. The molecule has 0 spiro atoms. The topological polar surface area (TPSA) is 101 Å². The normalized spacial score (nSPS) is 10.8. The number of nitrogens with zero attached hydrogens (tertiary/aromatic N) is 2. The van der Waals surface area contributed by atoms with Crippen molar-refractivity contribution in [3.05, 3.63) is 64.7 Å². The molecule has 0 aliphatic heterocycles. The number of carbonyl (C=O) groups is 1. The number of anilines is 3. The van der Waals surface area contributed by atoms with Gasteiger partial charge < -0.3 is 16.2 Å². The van der Waals surface area contributed by atoms with Crippen molar-refractivity contribution in [3.63, 3.8) is 0 Å². The third-order valence-electron chi connectivity index (χ3n) is 3.15. The molecular formula is C17H14F4N4O2S. The summed E-state index contributed by atoms with van der Waals surface area (Å²) in [5.74, 6) is -1.52. The third-order valence-corrected chi connectivity index (χ3v) is 3.83. The molecule has 0 unspecified atom stereocenters. The number of alkyl halides is 3. The number of hydrogen-bond acceptors (Lipinski definition) is 6. The monoisotopic (exact) mass is 414 g/mol. The highest BCUT2D eigenvalue weighted by molar-refractivity contribution is 7.13. The van der Waals surface area contributed by atoms with Gasteiger partial charge in [-0.3, -0.25) is 0 Å². The molecule has 0 fully saturated rings. The van der Waals surface area contributed by atoms with Crippen molar-refractivity contribution in [3.8, 4) is 0 Å². The van der Waals surface area contributed by atoms with Crippen molar-refractivity contribution >= 4 is 33.8 Å². The van der Waals surface area contributed by atoms with E-state index in [-0.39, 0.29) is 10.8 Å². The number of aryl methyl sites for hydroxylation is 1. The van der Waals surface area contributed by atoms with Crippen molar-refractivity contribution in [2.45, 2.75) is 13.1 Å². The molecule has 11 heteroatoms. The molecular weight excluding hydrogens is 400 g/mol. The molecule has 0 amide bonds. The molecule has 0 atom stereocenters. The number of pyridine rings is 1. The fraction of sp³-hybridized carbons (Fsp3) is 0.118. The van der Waals surface area contributed by atoms with Gasteiger partial charge in [-0.15, -0.1) is 11.3 Å². The zero-order valence-electron chi connectivity index (χ0n) is 14.3. The molecule has 0 aliphatic carbocycles. The van der Waals surface area contributed by atoms with Crippen molar-refractivity contribution in [2.75, 3.05) is 11.1 Å². The van der Waals surface area contributed by atoms with Gasteiger partial charge in [0.1, 0.15) is 5.82 Å². The lowest BCUT2D eigenvalue weighted by atomic mass is 10.2. The Labute approximate surface area is 160 Å². The molecule has 1 aromatic carbocycles. The summed E-state index contributed by atoms with van der Waals surface area (Å²) in [4.78, 5) is 18.0. The minimum Gasteiger partial charge on any atom is -0.476 e. The first kappa shape index (κ1) is 21.1. The molecule has 3 aromatic rings. The molecule has 0 radical (unpaired) electrons. The number of nitrogens with one attached hydrogen (secondary N) is 1. The highest BCUT2D eigenvalue weighted by Gasteiger charge is 2.33. The predicted molar refractivity (Wildman–Crippen MR) is 97.1 cm³/mol. The van der Waals surface area contributed by atoms with E-state index in [9.17, 15) is 22.4 Å². The molecule has 3 rings (SSSR count). The fourth-order valence-electron chi connectivity index (χ4n) is 1.96. The van der Waals surface area contributed by atoms with E-state index in [0.29, 0.717) is 17.1 Å². The number of benzene rings is 1. The Morgan fingerprint density at radius 2 is 1.93 bits per heavy atom. The van der Waals surface area contributed by atoms with Crippen LogP contribution >= 0.6 is 11.3 Å². The van der Waals surface area contributed by atoms with Crippen LogP contribution in [0.3, 0.4) is 0 Å². The first-order valence-electron chi connectivity index (χ1n) is 7.58. The van der Waals surface area contributed by atoms with E-state index >= 15 is 0 Å². The van der Waals surface area contributed by atoms with E-state index in [4.69, 9.17) is 10.8 Å². The Morgan fingerprint density at radius 3 is 2.43 bits per heavy atom. The van der Waals surface area contributed by atoms with Crippen LogP contribution in [0.2, 0.25) is 0 Å². The number of halogens is 4. The first-order chi connectivity index (χ1) is 13.1. The Hall–Kier alpha value is -3.21. The second kappa shape index (κ2) is 8.65. The van der Waals surface area contributed by atoms with Crippen LogP contribution in [0.5, 0.6) is 0 Å². The summed E-state index contributed by atoms with van der Waals surface area (Å²) in [6, 6.07) is 9.08. The highest BCUT2D eigenvalue weighted by atomic mass is 32.1. The van der Waals surface area contributed by atoms with Gasteiger partial charge >= 0.3 is 12.1 Å². The summed E-state index contributed by atoms with van der Waals surface area (Å²) >= 11 is 0.778. The zero-order chi connectivity index (χ0) is 20.9. The Balaban J connectivity index is 0.000000237. The SMILES string of the molecule is Cc1ccc(Nc2cccc(F)c2)c(C(=O)O)n1.Nc1nc(C(F)(F)F)cs1. The van der Waals surface area contributed by atoms with Gasteiger partial charge in [-0.25, -0.2) is 19.2 Å². The molecule has 0 bridgehead atoms. The Bertz CT molecular complexity index is 976. The summed E-state index contributed by atoms with van der Waals surface area (Å²) in [5.41, 5.74) is 5.39. The maximum atomic E-state index is 13.0. The summed E-state index contributed by atoms with van der Waals surface area (Å²) in [5, 5.41) is 12.7. The lowest BCUT2D eigenvalue weighted by molar-refractivity contribution is -0.140. The van der Waals surface area contributed by atoms with Crippen LogP contribution in [-0.2, 0) is 6.18 Å². The molecule has 28 heavy (non-hydrogen) atoms. The van der Waals surface area contributed by atoms with Crippen molar-refractivity contribution < 1.29 is 27.5 Å². The maximum Gasteiger partial charge on any atom is 0.434 e. The largest absolute Gasteiger partial charge is 0.476 e. The second-order valence-corrected chi connectivity index (χ2v) is 6.25. The molecule has 6 nitrogen and oxygen atoms in total. The van der Waals surface area contributed by atoms with E-state index < -0.39 is 23.7 Å². The van der Waals surface area contributed by atoms with Crippen LogP contribution < -0.4 is 11.1 Å². The van der Waals surface area contributed by atoms with Crippen LogP contribution in [-0.4, -0.2) is 21.0 Å². The number of thiazole rings is 1. The van der Waals surface area contributed by atoms with Gasteiger partial charge in [0.15, 0.2) is 16.5 Å². The van der Waals surface area contributed by atoms with Gasteiger partial charge in [0.05, 0.1) is 5.69 Å². The van der Waals surface area contributed by atoms with Gasteiger partial charge in [0.25, 0.3) is 0 Å². The molecule has 148 valence electrons. The summed E-state index contributed by atoms with van der Waals surface area (Å²) in [6.07, 6.45) is -4.37. The number of carboxylic acid groups (broad SMARTS) is 1. The summed E-state index contributed by atoms with van der Waals surface area (Å²) < 4.78 is 48.1. The number of aromatic nitrogens is 2. The van der Waals surface area contributed by atoms with E-state index in [1.807, 2.05) is 0 Å². The van der Waals surface area contributed by atoms with Gasteiger partial charge in [-0.05, 0) is 37.3 Å².